The summed E-state index contributed by atoms with van der Waals surface area (Å²) in [7, 11) is -4.31. The van der Waals surface area contributed by atoms with Gasteiger partial charge in [-0.1, -0.05) is 43.3 Å². The molecule has 1 heterocycles. The first-order valence-corrected chi connectivity index (χ1v) is 12.8. The molecule has 0 unspecified atom stereocenters. The molecule has 1 aliphatic heterocycles. The first-order valence-electron chi connectivity index (χ1n) is 11.4. The highest BCUT2D eigenvalue weighted by Gasteiger charge is 2.31. The van der Waals surface area contributed by atoms with Crippen molar-refractivity contribution in [3.8, 4) is 5.75 Å². The molecule has 0 radical (unpaired) electrons. The number of aromatic hydroxyl groups is 1. The lowest BCUT2D eigenvalue weighted by Crippen LogP contribution is -2.47. The van der Waals surface area contributed by atoms with Gasteiger partial charge in [-0.2, -0.15) is 4.31 Å². The molecule has 0 aliphatic carbocycles. The van der Waals surface area contributed by atoms with Crippen LogP contribution in [0.15, 0.2) is 52.5 Å². The van der Waals surface area contributed by atoms with Gasteiger partial charge in [0.05, 0.1) is 19.8 Å². The Morgan fingerprint density at radius 1 is 1.17 bits per heavy atom. The number of benzene rings is 2. The van der Waals surface area contributed by atoms with Crippen molar-refractivity contribution in [3.63, 3.8) is 0 Å². The molecule has 11 heteroatoms. The summed E-state index contributed by atoms with van der Waals surface area (Å²) >= 11 is 0. The van der Waals surface area contributed by atoms with Gasteiger partial charge in [0, 0.05) is 25.2 Å². The molecular formula is C24H32N4O6S. The minimum Gasteiger partial charge on any atom is -0.507 e. The summed E-state index contributed by atoms with van der Waals surface area (Å²) in [5, 5.41) is 22.2. The zero-order valence-corrected chi connectivity index (χ0v) is 20.7. The lowest BCUT2D eigenvalue weighted by Gasteiger charge is -2.30. The van der Waals surface area contributed by atoms with Crippen molar-refractivity contribution in [2.45, 2.75) is 31.1 Å². The van der Waals surface area contributed by atoms with Crippen molar-refractivity contribution in [1.29, 1.82) is 0 Å². The Bertz CT molecular complexity index is 1160. The molecule has 2 aromatic rings. The van der Waals surface area contributed by atoms with Crippen LogP contribution in [0, 0.1) is 0 Å². The summed E-state index contributed by atoms with van der Waals surface area (Å²) in [6.07, 6.45) is 0.370. The highest BCUT2D eigenvalue weighted by molar-refractivity contribution is 7.89. The Morgan fingerprint density at radius 3 is 2.43 bits per heavy atom. The molecule has 4 N–H and O–H groups in total. The molecule has 0 spiro atoms. The van der Waals surface area contributed by atoms with Crippen molar-refractivity contribution in [2.75, 3.05) is 39.4 Å². The molecule has 10 nitrogen and oxygen atoms in total. The highest BCUT2D eigenvalue weighted by Crippen LogP contribution is 2.27. The number of carbonyl (C=O) groups excluding carboxylic acids is 1. The fraction of sp³-hybridized carbons (Fsp3) is 0.417. The second-order valence-electron chi connectivity index (χ2n) is 8.65. The molecule has 0 aromatic heterocycles. The van der Waals surface area contributed by atoms with E-state index in [1.54, 1.807) is 4.90 Å². The molecule has 1 fully saturated rings. The van der Waals surface area contributed by atoms with Crippen LogP contribution in [-0.2, 0) is 26.0 Å². The highest BCUT2D eigenvalue weighted by atomic mass is 32.2. The number of phenolic OH excluding ortho intramolecular Hbond substituents is 1. The lowest BCUT2D eigenvalue weighted by atomic mass is 10.0. The molecule has 1 saturated heterocycles. The molecule has 1 aliphatic rings. The number of ether oxygens (including phenoxy) is 1. The van der Waals surface area contributed by atoms with Gasteiger partial charge >= 0.3 is 0 Å². The number of amides is 1. The minimum absolute atomic E-state index is 0.0205. The summed E-state index contributed by atoms with van der Waals surface area (Å²) in [4.78, 5) is 14.1. The Morgan fingerprint density at radius 2 is 1.83 bits per heavy atom. The van der Waals surface area contributed by atoms with Crippen LogP contribution in [-0.4, -0.2) is 79.1 Å². The van der Waals surface area contributed by atoms with Crippen LogP contribution >= 0.6 is 0 Å². The van der Waals surface area contributed by atoms with E-state index >= 15 is 0 Å². The van der Waals surface area contributed by atoms with Crippen molar-refractivity contribution >= 4 is 21.8 Å². The largest absolute Gasteiger partial charge is 0.507 e. The molecule has 0 atom stereocenters. The average Bonchev–Trinajstić information content (AvgIpc) is 2.86. The van der Waals surface area contributed by atoms with Crippen molar-refractivity contribution in [1.82, 2.24) is 9.21 Å². The molecule has 1 amide bonds. The van der Waals surface area contributed by atoms with Crippen LogP contribution < -0.4 is 5.73 Å². The second kappa shape index (κ2) is 11.5. The van der Waals surface area contributed by atoms with Gasteiger partial charge in [-0.05, 0) is 41.7 Å². The quantitative estimate of drug-likeness (QED) is 0.204. The Kier molecular flexibility index (Phi) is 8.71. The average molecular weight is 505 g/mol. The van der Waals surface area contributed by atoms with E-state index in [9.17, 15) is 18.3 Å². The molecule has 0 bridgehead atoms. The van der Waals surface area contributed by atoms with Gasteiger partial charge in [-0.15, -0.1) is 0 Å². The number of phenols is 1. The first-order chi connectivity index (χ1) is 16.6. The van der Waals surface area contributed by atoms with Crippen molar-refractivity contribution in [3.05, 3.63) is 59.2 Å². The van der Waals surface area contributed by atoms with E-state index in [0.717, 1.165) is 22.0 Å². The maximum atomic E-state index is 13.6. The number of oxime groups is 1. The van der Waals surface area contributed by atoms with Crippen LogP contribution in [0.3, 0.4) is 0 Å². The Hall–Kier alpha value is -3.15. The number of amidine groups is 1. The van der Waals surface area contributed by atoms with Gasteiger partial charge < -0.3 is 25.7 Å². The van der Waals surface area contributed by atoms with Gasteiger partial charge in [0.15, 0.2) is 5.84 Å². The fourth-order valence-electron chi connectivity index (χ4n) is 3.75. The number of hydrogen-bond donors (Lipinski definition) is 3. The Balaban J connectivity index is 1.90. The third-order valence-electron chi connectivity index (χ3n) is 5.95. The van der Waals surface area contributed by atoms with E-state index in [4.69, 9.17) is 15.7 Å². The number of nitrogens with two attached hydrogens (primary N) is 1. The van der Waals surface area contributed by atoms with E-state index in [2.05, 4.69) is 19.0 Å². The molecule has 3 rings (SSSR count). The first kappa shape index (κ1) is 26.5. The zero-order valence-electron chi connectivity index (χ0n) is 19.9. The van der Waals surface area contributed by atoms with Gasteiger partial charge in [0.2, 0.25) is 15.9 Å². The predicted octanol–water partition coefficient (Wildman–Crippen LogP) is 1.70. The Labute approximate surface area is 205 Å². The zero-order chi connectivity index (χ0) is 25.6. The standard InChI is InChI=1S/C24H32N4O6S/c1-17(2)19-5-3-18(4-6-19)9-10-28(16-23(30)27-11-13-34-14-12-27)35(32,33)22-15-20(24(25)26-31)7-8-21(22)29/h3-8,15,17,29,31H,9-14,16H2,1-2H3,(H2,25,26). The van der Waals surface area contributed by atoms with Crippen LogP contribution in [0.25, 0.3) is 0 Å². The summed E-state index contributed by atoms with van der Waals surface area (Å²) in [5.74, 6) is -0.774. The number of carbonyl (C=O) groups is 1. The SMILES string of the molecule is CC(C)c1ccc(CCN(CC(=O)N2CCOCC2)S(=O)(=O)c2cc(C(N)=NO)ccc2O)cc1. The van der Waals surface area contributed by atoms with E-state index in [1.807, 2.05) is 24.3 Å². The van der Waals surface area contributed by atoms with Gasteiger partial charge in [0.1, 0.15) is 10.6 Å². The molecule has 190 valence electrons. The van der Waals surface area contributed by atoms with Gasteiger partial charge in [-0.25, -0.2) is 8.42 Å². The second-order valence-corrected chi connectivity index (χ2v) is 10.6. The van der Waals surface area contributed by atoms with Crippen LogP contribution in [0.2, 0.25) is 0 Å². The number of hydrogen-bond acceptors (Lipinski definition) is 7. The smallest absolute Gasteiger partial charge is 0.247 e. The summed E-state index contributed by atoms with van der Waals surface area (Å²) in [6.45, 7) is 5.37. The van der Waals surface area contributed by atoms with Crippen LogP contribution in [0.4, 0.5) is 0 Å². The van der Waals surface area contributed by atoms with Gasteiger partial charge in [0.25, 0.3) is 0 Å². The summed E-state index contributed by atoms with van der Waals surface area (Å²) < 4.78 is 33.6. The summed E-state index contributed by atoms with van der Waals surface area (Å²) in [6, 6.07) is 11.5. The number of rotatable bonds is 9. The maximum Gasteiger partial charge on any atom is 0.247 e. The third-order valence-corrected chi connectivity index (χ3v) is 7.83. The van der Waals surface area contributed by atoms with Crippen LogP contribution in [0.1, 0.15) is 36.5 Å². The third kappa shape index (κ3) is 6.50. The fourth-order valence-corrected chi connectivity index (χ4v) is 5.25. The minimum atomic E-state index is -4.31. The van der Waals surface area contributed by atoms with E-state index < -0.39 is 20.7 Å². The number of sulfonamides is 1. The van der Waals surface area contributed by atoms with Crippen molar-refractivity contribution in [2.24, 2.45) is 10.9 Å². The van der Waals surface area contributed by atoms with Gasteiger partial charge in [-0.3, -0.25) is 4.79 Å². The molecule has 35 heavy (non-hydrogen) atoms. The van der Waals surface area contributed by atoms with E-state index in [1.165, 1.54) is 11.6 Å². The topological polar surface area (TPSA) is 146 Å². The number of morpholine rings is 1. The number of nitrogens with zero attached hydrogens (tertiary/aromatic N) is 3. The summed E-state index contributed by atoms with van der Waals surface area (Å²) in [5.41, 5.74) is 7.83. The van der Waals surface area contributed by atoms with Crippen molar-refractivity contribution < 1.29 is 28.3 Å². The maximum absolute atomic E-state index is 13.6. The normalized spacial score (nSPS) is 15.1. The monoisotopic (exact) mass is 504 g/mol. The van der Waals surface area contributed by atoms with Crippen LogP contribution in [0.5, 0.6) is 5.75 Å². The molecule has 0 saturated carbocycles. The molecule has 2 aromatic carbocycles. The lowest BCUT2D eigenvalue weighted by molar-refractivity contribution is -0.135. The predicted molar refractivity (Wildman–Crippen MR) is 131 cm³/mol. The van der Waals surface area contributed by atoms with E-state index in [0.29, 0.717) is 38.6 Å². The molecular weight excluding hydrogens is 472 g/mol. The van der Waals surface area contributed by atoms with E-state index in [-0.39, 0.29) is 30.4 Å².